The van der Waals surface area contributed by atoms with Gasteiger partial charge in [-0.2, -0.15) is 0 Å². The summed E-state index contributed by atoms with van der Waals surface area (Å²) in [5.74, 6) is -1.12. The van der Waals surface area contributed by atoms with Gasteiger partial charge in [-0.25, -0.2) is 9.59 Å². The number of anilines is 1. The van der Waals surface area contributed by atoms with Crippen molar-refractivity contribution in [2.75, 3.05) is 25.0 Å². The summed E-state index contributed by atoms with van der Waals surface area (Å²) in [6.07, 6.45) is -1.94. The Hall–Kier alpha value is -2.12. The van der Waals surface area contributed by atoms with E-state index >= 15 is 0 Å². The van der Waals surface area contributed by atoms with Crippen LogP contribution in [-0.4, -0.2) is 64.6 Å². The van der Waals surface area contributed by atoms with Gasteiger partial charge in [0.15, 0.2) is 0 Å². The van der Waals surface area contributed by atoms with E-state index in [2.05, 4.69) is 0 Å². The largest absolute Gasteiger partial charge is 0.478 e. The average molecular weight is 280 g/mol. The Morgan fingerprint density at radius 1 is 1.20 bits per heavy atom. The van der Waals surface area contributed by atoms with Crippen LogP contribution in [0.15, 0.2) is 24.3 Å². The van der Waals surface area contributed by atoms with E-state index in [0.29, 0.717) is 0 Å². The highest BCUT2D eigenvalue weighted by Gasteiger charge is 2.34. The highest BCUT2D eigenvalue weighted by Crippen LogP contribution is 2.22. The van der Waals surface area contributed by atoms with E-state index in [4.69, 9.17) is 5.11 Å². The van der Waals surface area contributed by atoms with Crippen molar-refractivity contribution < 1.29 is 24.9 Å². The Bertz CT molecular complexity index is 523. The van der Waals surface area contributed by atoms with Gasteiger partial charge in [0.1, 0.15) is 0 Å². The fourth-order valence-electron chi connectivity index (χ4n) is 2.19. The number of benzene rings is 1. The van der Waals surface area contributed by atoms with Gasteiger partial charge >= 0.3 is 12.0 Å². The van der Waals surface area contributed by atoms with Crippen LogP contribution in [0.25, 0.3) is 0 Å². The van der Waals surface area contributed by atoms with Crippen LogP contribution in [0.2, 0.25) is 0 Å². The number of para-hydroxylation sites is 1. The number of aliphatic hydroxyl groups is 2. The monoisotopic (exact) mass is 280 g/mol. The molecule has 2 amide bonds. The third-order valence-electron chi connectivity index (χ3n) is 3.31. The minimum atomic E-state index is -1.12. The van der Waals surface area contributed by atoms with E-state index in [1.54, 1.807) is 12.1 Å². The summed E-state index contributed by atoms with van der Waals surface area (Å²) in [7, 11) is 1.46. The maximum Gasteiger partial charge on any atom is 0.337 e. The number of nitrogens with zero attached hydrogens (tertiary/aromatic N) is 2. The summed E-state index contributed by atoms with van der Waals surface area (Å²) >= 11 is 0. The van der Waals surface area contributed by atoms with E-state index in [9.17, 15) is 19.8 Å². The number of hydrogen-bond acceptors (Lipinski definition) is 4. The number of aromatic carboxylic acids is 1. The molecule has 2 atom stereocenters. The second-order valence-corrected chi connectivity index (χ2v) is 4.70. The van der Waals surface area contributed by atoms with Gasteiger partial charge in [-0.1, -0.05) is 12.1 Å². The molecule has 7 nitrogen and oxygen atoms in total. The van der Waals surface area contributed by atoms with E-state index in [-0.39, 0.29) is 24.3 Å². The maximum atomic E-state index is 12.2. The number of carboxylic acid groups (broad SMARTS) is 1. The molecule has 2 unspecified atom stereocenters. The Balaban J connectivity index is 2.21. The van der Waals surface area contributed by atoms with Crippen LogP contribution in [0.3, 0.4) is 0 Å². The molecule has 20 heavy (non-hydrogen) atoms. The molecule has 7 heteroatoms. The summed E-state index contributed by atoms with van der Waals surface area (Å²) in [6, 6.07) is 5.70. The number of carbonyl (C=O) groups is 2. The van der Waals surface area contributed by atoms with Crippen LogP contribution in [0, 0.1) is 0 Å². The van der Waals surface area contributed by atoms with Crippen molar-refractivity contribution >= 4 is 17.7 Å². The average Bonchev–Trinajstić information content (AvgIpc) is 2.77. The van der Waals surface area contributed by atoms with Crippen LogP contribution in [0.4, 0.5) is 10.5 Å². The second-order valence-electron chi connectivity index (χ2n) is 4.70. The van der Waals surface area contributed by atoms with Crippen molar-refractivity contribution in [1.82, 2.24) is 4.90 Å². The number of hydrogen-bond donors (Lipinski definition) is 3. The molecule has 0 bridgehead atoms. The minimum absolute atomic E-state index is 0.0173. The summed E-state index contributed by atoms with van der Waals surface area (Å²) in [5.41, 5.74) is 0.282. The maximum absolute atomic E-state index is 12.2. The highest BCUT2D eigenvalue weighted by molar-refractivity contribution is 6.01. The summed E-state index contributed by atoms with van der Waals surface area (Å²) < 4.78 is 0. The predicted octanol–water partition coefficient (Wildman–Crippen LogP) is -0.0216. The third-order valence-corrected chi connectivity index (χ3v) is 3.31. The Morgan fingerprint density at radius 3 is 2.30 bits per heavy atom. The first-order chi connectivity index (χ1) is 9.41. The molecule has 1 aromatic carbocycles. The number of carboxylic acids is 1. The lowest BCUT2D eigenvalue weighted by atomic mass is 10.1. The molecule has 3 N–H and O–H groups in total. The van der Waals surface area contributed by atoms with Crippen LogP contribution in [-0.2, 0) is 0 Å². The van der Waals surface area contributed by atoms with Crippen molar-refractivity contribution in [2.45, 2.75) is 12.2 Å². The Labute approximate surface area is 115 Å². The Kier molecular flexibility index (Phi) is 3.91. The van der Waals surface area contributed by atoms with Crippen LogP contribution in [0.1, 0.15) is 10.4 Å². The highest BCUT2D eigenvalue weighted by atomic mass is 16.4. The molecule has 1 saturated heterocycles. The molecule has 1 aromatic rings. The summed E-state index contributed by atoms with van der Waals surface area (Å²) in [6.45, 7) is 0.0547. The lowest BCUT2D eigenvalue weighted by molar-refractivity contribution is 0.0572. The quantitative estimate of drug-likeness (QED) is 0.706. The van der Waals surface area contributed by atoms with Gasteiger partial charge in [0.2, 0.25) is 0 Å². The molecular weight excluding hydrogens is 264 g/mol. The molecular formula is C13H16N2O5. The van der Waals surface area contributed by atoms with E-state index < -0.39 is 24.2 Å². The molecule has 0 spiro atoms. The smallest absolute Gasteiger partial charge is 0.337 e. The topological polar surface area (TPSA) is 101 Å². The first-order valence-corrected chi connectivity index (χ1v) is 6.13. The zero-order valence-electron chi connectivity index (χ0n) is 10.9. The van der Waals surface area contributed by atoms with Gasteiger partial charge in [-0.3, -0.25) is 4.90 Å². The molecule has 0 radical (unpaired) electrons. The van der Waals surface area contributed by atoms with Crippen LogP contribution in [0.5, 0.6) is 0 Å². The SMILES string of the molecule is CN(C(=O)N1CC(O)C(O)C1)c1ccccc1C(=O)O. The van der Waals surface area contributed by atoms with Crippen molar-refractivity contribution in [2.24, 2.45) is 0 Å². The van der Waals surface area contributed by atoms with E-state index in [0.717, 1.165) is 0 Å². The predicted molar refractivity (Wildman–Crippen MR) is 70.8 cm³/mol. The molecule has 1 heterocycles. The van der Waals surface area contributed by atoms with Gasteiger partial charge in [-0.15, -0.1) is 0 Å². The number of rotatable bonds is 2. The van der Waals surface area contributed by atoms with Gasteiger partial charge in [0.05, 0.1) is 36.5 Å². The molecule has 0 aliphatic carbocycles. The number of carbonyl (C=O) groups excluding carboxylic acids is 1. The van der Waals surface area contributed by atoms with Gasteiger partial charge in [0.25, 0.3) is 0 Å². The first kappa shape index (κ1) is 14.3. The zero-order valence-corrected chi connectivity index (χ0v) is 10.9. The van der Waals surface area contributed by atoms with E-state index in [1.165, 1.54) is 29.0 Å². The zero-order chi connectivity index (χ0) is 14.9. The van der Waals surface area contributed by atoms with Crippen molar-refractivity contribution in [3.63, 3.8) is 0 Å². The first-order valence-electron chi connectivity index (χ1n) is 6.13. The standard InChI is InChI=1S/C13H16N2O5/c1-14(9-5-3-2-4-8(9)12(18)19)13(20)15-6-10(16)11(17)7-15/h2-5,10-11,16-17H,6-7H2,1H3,(H,18,19). The normalized spacial score (nSPS) is 21.9. The fourth-order valence-corrected chi connectivity index (χ4v) is 2.19. The van der Waals surface area contributed by atoms with Crippen molar-refractivity contribution in [3.8, 4) is 0 Å². The molecule has 108 valence electrons. The molecule has 0 aromatic heterocycles. The number of β-amino-alcohol motifs (C(OH)–C–C–N with tert-alkyl or cyclic N) is 2. The fraction of sp³-hybridized carbons (Fsp3) is 0.385. The van der Waals surface area contributed by atoms with Gasteiger partial charge in [-0.05, 0) is 12.1 Å². The van der Waals surface area contributed by atoms with Gasteiger partial charge < -0.3 is 20.2 Å². The van der Waals surface area contributed by atoms with Crippen molar-refractivity contribution in [3.05, 3.63) is 29.8 Å². The minimum Gasteiger partial charge on any atom is -0.478 e. The number of likely N-dealkylation sites (tertiary alicyclic amines) is 1. The number of urea groups is 1. The number of amides is 2. The third kappa shape index (κ3) is 2.59. The lowest BCUT2D eigenvalue weighted by Gasteiger charge is -2.25. The number of aliphatic hydroxyl groups excluding tert-OH is 2. The van der Waals surface area contributed by atoms with Crippen LogP contribution >= 0.6 is 0 Å². The molecule has 2 rings (SSSR count). The molecule has 1 aliphatic rings. The van der Waals surface area contributed by atoms with E-state index in [1.807, 2.05) is 0 Å². The molecule has 0 saturated carbocycles. The Morgan fingerprint density at radius 2 is 1.75 bits per heavy atom. The summed E-state index contributed by atoms with van der Waals surface area (Å²) in [4.78, 5) is 25.9. The van der Waals surface area contributed by atoms with Gasteiger partial charge in [0, 0.05) is 7.05 Å². The van der Waals surface area contributed by atoms with Crippen molar-refractivity contribution in [1.29, 1.82) is 0 Å². The molecule has 1 fully saturated rings. The second kappa shape index (κ2) is 5.48. The molecule has 1 aliphatic heterocycles. The lowest BCUT2D eigenvalue weighted by Crippen LogP contribution is -2.41. The van der Waals surface area contributed by atoms with Crippen LogP contribution < -0.4 is 4.90 Å². The summed E-state index contributed by atoms with van der Waals surface area (Å²) in [5, 5.41) is 28.0.